The molecule has 0 unspecified atom stereocenters. The van der Waals surface area contributed by atoms with Gasteiger partial charge in [-0.25, -0.2) is 0 Å². The lowest BCUT2D eigenvalue weighted by Gasteiger charge is -2.11. The highest BCUT2D eigenvalue weighted by Crippen LogP contribution is 2.30. The molecule has 0 fully saturated rings. The van der Waals surface area contributed by atoms with Crippen LogP contribution in [0.15, 0.2) is 60.8 Å². The van der Waals surface area contributed by atoms with Gasteiger partial charge in [-0.1, -0.05) is 55.5 Å². The van der Waals surface area contributed by atoms with E-state index in [9.17, 15) is 4.79 Å². The fourth-order valence-corrected chi connectivity index (χ4v) is 4.16. The molecule has 0 aliphatic rings. The molecule has 3 heterocycles. The van der Waals surface area contributed by atoms with Crippen molar-refractivity contribution in [2.24, 2.45) is 0 Å². The molecule has 1 N–H and O–H groups in total. The number of nitrogens with one attached hydrogen (secondary N) is 1. The van der Waals surface area contributed by atoms with Crippen LogP contribution in [0.4, 0.5) is 0 Å². The van der Waals surface area contributed by atoms with Crippen molar-refractivity contribution in [3.05, 3.63) is 83.3 Å². The molecule has 0 saturated heterocycles. The van der Waals surface area contributed by atoms with E-state index in [0.717, 1.165) is 57.3 Å². The van der Waals surface area contributed by atoms with Crippen LogP contribution in [0, 0.1) is 6.92 Å². The highest BCUT2D eigenvalue weighted by atomic mass is 16.1. The van der Waals surface area contributed by atoms with Gasteiger partial charge in [0.15, 0.2) is 6.29 Å². The number of tetrazole rings is 1. The number of nitrogens with zero attached hydrogens (tertiary/aromatic N) is 5. The molecule has 0 radical (unpaired) electrons. The molecule has 7 nitrogen and oxygen atoms in total. The average Bonchev–Trinajstić information content (AvgIpc) is 3.46. The highest BCUT2D eigenvalue weighted by molar-refractivity contribution is 5.99. The summed E-state index contributed by atoms with van der Waals surface area (Å²) in [5.41, 5.74) is 7.93. The van der Waals surface area contributed by atoms with Gasteiger partial charge in [0, 0.05) is 40.6 Å². The third-order valence-electron chi connectivity index (χ3n) is 5.91. The van der Waals surface area contributed by atoms with E-state index < -0.39 is 0 Å². The topological polar surface area (TPSA) is 89.4 Å². The van der Waals surface area contributed by atoms with Crippen molar-refractivity contribution >= 4 is 17.2 Å². The fraction of sp³-hybridized carbons (Fsp3) is 0.160. The molecule has 5 aromatic rings. The Labute approximate surface area is 185 Å². The average molecular weight is 422 g/mol. The summed E-state index contributed by atoms with van der Waals surface area (Å²) in [5.74, 6) is 0.570. The molecular formula is C25H22N6O. The second kappa shape index (κ2) is 8.19. The number of carbonyl (C=O) groups is 1. The molecule has 0 bridgehead atoms. The quantitative estimate of drug-likeness (QED) is 0.404. The predicted octanol–water partition coefficient (Wildman–Crippen LogP) is 4.62. The summed E-state index contributed by atoms with van der Waals surface area (Å²) in [6.07, 6.45) is 3.60. The van der Waals surface area contributed by atoms with Crippen molar-refractivity contribution in [2.75, 3.05) is 0 Å². The van der Waals surface area contributed by atoms with Crippen LogP contribution in [0.5, 0.6) is 0 Å². The predicted molar refractivity (Wildman–Crippen MR) is 123 cm³/mol. The van der Waals surface area contributed by atoms with E-state index in [4.69, 9.17) is 0 Å². The summed E-state index contributed by atoms with van der Waals surface area (Å²) < 4.78 is 2.20. The molecule has 32 heavy (non-hydrogen) atoms. The zero-order valence-electron chi connectivity index (χ0n) is 17.9. The number of H-pyrrole nitrogens is 1. The maximum absolute atomic E-state index is 11.7. The normalized spacial score (nSPS) is 11.2. The molecule has 0 aliphatic carbocycles. The Morgan fingerprint density at radius 2 is 1.84 bits per heavy atom. The van der Waals surface area contributed by atoms with E-state index in [0.29, 0.717) is 17.9 Å². The summed E-state index contributed by atoms with van der Waals surface area (Å²) in [7, 11) is 0. The molecule has 0 spiro atoms. The second-order valence-corrected chi connectivity index (χ2v) is 7.73. The van der Waals surface area contributed by atoms with Crippen LogP contribution in [0.1, 0.15) is 34.2 Å². The molecule has 0 amide bonds. The minimum absolute atomic E-state index is 0.570. The largest absolute Gasteiger partial charge is 0.340 e. The van der Waals surface area contributed by atoms with Crippen molar-refractivity contribution in [1.82, 2.24) is 30.2 Å². The number of fused-ring (bicyclic) bond motifs is 1. The van der Waals surface area contributed by atoms with Gasteiger partial charge < -0.3 is 4.57 Å². The van der Waals surface area contributed by atoms with E-state index in [-0.39, 0.29) is 0 Å². The SMILES string of the molecule is CCc1cc2c(cn1)c(C=O)c(C)n2Cc1ccc(-c2ccccc2-c2nn[nH]n2)cc1. The summed E-state index contributed by atoms with van der Waals surface area (Å²) in [6.45, 7) is 4.75. The first kappa shape index (κ1) is 19.8. The first-order valence-corrected chi connectivity index (χ1v) is 10.5. The number of rotatable bonds is 6. The molecule has 0 aliphatic heterocycles. The van der Waals surface area contributed by atoms with Gasteiger partial charge in [0.2, 0.25) is 5.82 Å². The van der Waals surface area contributed by atoms with E-state index in [1.807, 2.05) is 31.3 Å². The van der Waals surface area contributed by atoms with Crippen molar-refractivity contribution in [3.63, 3.8) is 0 Å². The number of aldehydes is 1. The van der Waals surface area contributed by atoms with Crippen molar-refractivity contribution in [3.8, 4) is 22.5 Å². The minimum atomic E-state index is 0.570. The molecule has 7 heteroatoms. The van der Waals surface area contributed by atoms with Gasteiger partial charge in [-0.3, -0.25) is 9.78 Å². The monoisotopic (exact) mass is 422 g/mol. The van der Waals surface area contributed by atoms with Gasteiger partial charge in [-0.05, 0) is 41.3 Å². The summed E-state index contributed by atoms with van der Waals surface area (Å²) in [6, 6.07) is 18.6. The van der Waals surface area contributed by atoms with Crippen LogP contribution in [0.25, 0.3) is 33.4 Å². The van der Waals surface area contributed by atoms with Crippen LogP contribution in [0.2, 0.25) is 0 Å². The van der Waals surface area contributed by atoms with Crippen LogP contribution in [-0.4, -0.2) is 36.5 Å². The van der Waals surface area contributed by atoms with Crippen molar-refractivity contribution < 1.29 is 4.79 Å². The molecule has 158 valence electrons. The summed E-state index contributed by atoms with van der Waals surface area (Å²) >= 11 is 0. The lowest BCUT2D eigenvalue weighted by Crippen LogP contribution is -2.03. The summed E-state index contributed by atoms with van der Waals surface area (Å²) in [5, 5.41) is 15.3. The van der Waals surface area contributed by atoms with Crippen LogP contribution >= 0.6 is 0 Å². The standard InChI is InChI=1S/C25H22N6O/c1-3-19-12-24-22(13-26-19)23(15-32)16(2)31(24)14-17-8-10-18(11-9-17)20-6-4-5-7-21(20)25-27-29-30-28-25/h4-13,15H,3,14H2,1-2H3,(H,27,28,29,30). The molecule has 5 rings (SSSR count). The lowest BCUT2D eigenvalue weighted by molar-refractivity contribution is 0.112. The first-order valence-electron chi connectivity index (χ1n) is 10.5. The second-order valence-electron chi connectivity index (χ2n) is 7.73. The Bertz CT molecular complexity index is 1400. The summed E-state index contributed by atoms with van der Waals surface area (Å²) in [4.78, 5) is 16.2. The first-order chi connectivity index (χ1) is 15.7. The Morgan fingerprint density at radius 1 is 1.06 bits per heavy atom. The Hall–Kier alpha value is -4.13. The number of benzene rings is 2. The highest BCUT2D eigenvalue weighted by Gasteiger charge is 2.15. The Balaban J connectivity index is 1.51. The molecule has 2 aromatic carbocycles. The van der Waals surface area contributed by atoms with Crippen molar-refractivity contribution in [2.45, 2.75) is 26.8 Å². The maximum atomic E-state index is 11.7. The van der Waals surface area contributed by atoms with Gasteiger partial charge in [-0.2, -0.15) is 5.21 Å². The number of aromatic nitrogens is 6. The van der Waals surface area contributed by atoms with Gasteiger partial charge in [0.1, 0.15) is 0 Å². The Morgan fingerprint density at radius 3 is 2.53 bits per heavy atom. The number of aryl methyl sites for hydroxylation is 1. The van der Waals surface area contributed by atoms with E-state index in [1.165, 1.54) is 0 Å². The van der Waals surface area contributed by atoms with Gasteiger partial charge in [0.25, 0.3) is 0 Å². The number of hydrogen-bond donors (Lipinski definition) is 1. The Kier molecular flexibility index (Phi) is 5.07. The van der Waals surface area contributed by atoms with E-state index in [1.54, 1.807) is 0 Å². The van der Waals surface area contributed by atoms with Gasteiger partial charge >= 0.3 is 0 Å². The lowest BCUT2D eigenvalue weighted by atomic mass is 9.98. The minimum Gasteiger partial charge on any atom is -0.340 e. The molecule has 0 atom stereocenters. The van der Waals surface area contributed by atoms with E-state index in [2.05, 4.69) is 73.5 Å². The number of pyridine rings is 1. The maximum Gasteiger partial charge on any atom is 0.205 e. The molecule has 3 aromatic heterocycles. The van der Waals surface area contributed by atoms with Gasteiger partial charge in [0.05, 0.1) is 5.52 Å². The van der Waals surface area contributed by atoms with Crippen LogP contribution < -0.4 is 0 Å². The number of hydrogen-bond acceptors (Lipinski definition) is 5. The van der Waals surface area contributed by atoms with Crippen molar-refractivity contribution in [1.29, 1.82) is 0 Å². The van der Waals surface area contributed by atoms with E-state index >= 15 is 0 Å². The van der Waals surface area contributed by atoms with Crippen LogP contribution in [0.3, 0.4) is 0 Å². The number of aromatic amines is 1. The zero-order valence-corrected chi connectivity index (χ0v) is 17.9. The fourth-order valence-electron chi connectivity index (χ4n) is 4.16. The van der Waals surface area contributed by atoms with Gasteiger partial charge in [-0.15, -0.1) is 10.2 Å². The molecular weight excluding hydrogens is 400 g/mol. The zero-order chi connectivity index (χ0) is 22.1. The third kappa shape index (κ3) is 3.37. The number of carbonyl (C=O) groups excluding carboxylic acids is 1. The molecule has 0 saturated carbocycles. The van der Waals surface area contributed by atoms with Crippen LogP contribution in [-0.2, 0) is 13.0 Å². The smallest absolute Gasteiger partial charge is 0.205 e. The third-order valence-corrected chi connectivity index (χ3v) is 5.91.